The fraction of sp³-hybridized carbons (Fsp3) is 0.400. The molecule has 5 heteroatoms. The molecule has 1 atom stereocenters. The van der Waals surface area contributed by atoms with Crippen LogP contribution in [0.2, 0.25) is 0 Å². The second-order valence-electron chi connectivity index (χ2n) is 3.08. The van der Waals surface area contributed by atoms with Gasteiger partial charge in [0.1, 0.15) is 10.3 Å². The molecule has 0 bridgehead atoms. The summed E-state index contributed by atoms with van der Waals surface area (Å²) in [5.74, 6) is 0.640. The lowest BCUT2D eigenvalue weighted by Crippen LogP contribution is -2.14. The Balaban J connectivity index is 3.06. The summed E-state index contributed by atoms with van der Waals surface area (Å²) in [7, 11) is -1.77. The van der Waals surface area contributed by atoms with E-state index in [0.29, 0.717) is 12.2 Å². The third kappa shape index (κ3) is 2.66. The van der Waals surface area contributed by atoms with Crippen LogP contribution in [-0.2, 0) is 9.84 Å². The van der Waals surface area contributed by atoms with E-state index in [1.54, 1.807) is 19.1 Å². The van der Waals surface area contributed by atoms with Gasteiger partial charge in [-0.05, 0) is 30.7 Å². The van der Waals surface area contributed by atoms with E-state index in [-0.39, 0.29) is 4.90 Å². The van der Waals surface area contributed by atoms with Gasteiger partial charge in [-0.2, -0.15) is 12.6 Å². The Morgan fingerprint density at radius 1 is 1.33 bits per heavy atom. The highest BCUT2D eigenvalue weighted by molar-refractivity contribution is 8.04. The molecule has 1 aromatic carbocycles. The monoisotopic (exact) mass is 246 g/mol. The van der Waals surface area contributed by atoms with Crippen LogP contribution in [0, 0.1) is 0 Å². The average Bonchev–Trinajstić information content (AvgIpc) is 2.28. The van der Waals surface area contributed by atoms with Crippen molar-refractivity contribution in [2.24, 2.45) is 0 Å². The fourth-order valence-electron chi connectivity index (χ4n) is 1.14. The number of hydrogen-bond acceptors (Lipinski definition) is 4. The van der Waals surface area contributed by atoms with E-state index >= 15 is 0 Å². The Hall–Kier alpha value is -0.680. The zero-order chi connectivity index (χ0) is 11.5. The molecule has 0 aromatic heterocycles. The zero-order valence-electron chi connectivity index (χ0n) is 8.67. The molecule has 0 saturated carbocycles. The van der Waals surface area contributed by atoms with E-state index in [4.69, 9.17) is 4.74 Å². The minimum Gasteiger partial charge on any atom is -0.497 e. The number of hydrogen-bond donors (Lipinski definition) is 1. The highest BCUT2D eigenvalue weighted by Gasteiger charge is 2.22. The summed E-state index contributed by atoms with van der Waals surface area (Å²) in [5, 5.41) is 0. The van der Waals surface area contributed by atoms with Crippen LogP contribution in [0.3, 0.4) is 0 Å². The second kappa shape index (κ2) is 4.90. The zero-order valence-corrected chi connectivity index (χ0v) is 10.4. The second-order valence-corrected chi connectivity index (χ2v) is 6.19. The summed E-state index contributed by atoms with van der Waals surface area (Å²) in [4.78, 5) is 0.283. The van der Waals surface area contributed by atoms with Crippen molar-refractivity contribution >= 4 is 22.5 Å². The van der Waals surface area contributed by atoms with Gasteiger partial charge in [-0.3, -0.25) is 0 Å². The van der Waals surface area contributed by atoms with Crippen molar-refractivity contribution in [1.29, 1.82) is 0 Å². The molecule has 0 radical (unpaired) electrons. The molecule has 0 amide bonds. The SMILES string of the molecule is CCC(S)S(=O)(=O)c1ccc(OC)cc1. The molecular weight excluding hydrogens is 232 g/mol. The first-order chi connectivity index (χ1) is 7.02. The molecule has 0 fully saturated rings. The summed E-state index contributed by atoms with van der Waals surface area (Å²) in [6.45, 7) is 1.79. The normalized spacial score (nSPS) is 13.5. The first kappa shape index (κ1) is 12.4. The molecule has 0 aliphatic carbocycles. The molecule has 0 saturated heterocycles. The molecule has 1 unspecified atom stereocenters. The maximum Gasteiger partial charge on any atom is 0.190 e. The van der Waals surface area contributed by atoms with Crippen LogP contribution in [-0.4, -0.2) is 20.1 Å². The van der Waals surface area contributed by atoms with Gasteiger partial charge in [0.2, 0.25) is 0 Å². The lowest BCUT2D eigenvalue weighted by molar-refractivity contribution is 0.414. The molecule has 3 nitrogen and oxygen atoms in total. The van der Waals surface area contributed by atoms with Crippen LogP contribution in [0.25, 0.3) is 0 Å². The minimum atomic E-state index is -3.31. The average molecular weight is 246 g/mol. The molecule has 0 aliphatic rings. The van der Waals surface area contributed by atoms with Crippen LogP contribution in [0.5, 0.6) is 5.75 Å². The molecular formula is C10H14O3S2. The van der Waals surface area contributed by atoms with Crippen LogP contribution in [0.15, 0.2) is 29.2 Å². The smallest absolute Gasteiger partial charge is 0.190 e. The largest absolute Gasteiger partial charge is 0.497 e. The number of sulfone groups is 1. The van der Waals surface area contributed by atoms with Crippen molar-refractivity contribution in [3.63, 3.8) is 0 Å². The summed E-state index contributed by atoms with van der Waals surface area (Å²) >= 11 is 4.05. The summed E-state index contributed by atoms with van der Waals surface area (Å²) in [5.41, 5.74) is 0. The van der Waals surface area contributed by atoms with E-state index in [1.807, 2.05) is 0 Å². The van der Waals surface area contributed by atoms with Gasteiger partial charge in [0.15, 0.2) is 9.84 Å². The summed E-state index contributed by atoms with van der Waals surface area (Å²) < 4.78 is 28.0. The van der Waals surface area contributed by atoms with E-state index in [1.165, 1.54) is 19.2 Å². The number of methoxy groups -OCH3 is 1. The number of benzene rings is 1. The molecule has 1 aromatic rings. The van der Waals surface area contributed by atoms with Gasteiger partial charge in [-0.1, -0.05) is 6.92 Å². The lowest BCUT2D eigenvalue weighted by Gasteiger charge is -2.10. The van der Waals surface area contributed by atoms with Gasteiger partial charge >= 0.3 is 0 Å². The molecule has 1 rings (SSSR count). The van der Waals surface area contributed by atoms with Gasteiger partial charge in [-0.15, -0.1) is 0 Å². The Labute approximate surface area is 95.8 Å². The van der Waals surface area contributed by atoms with Gasteiger partial charge in [0.25, 0.3) is 0 Å². The van der Waals surface area contributed by atoms with Crippen LogP contribution in [0.4, 0.5) is 0 Å². The predicted octanol–water partition coefficient (Wildman–Crippen LogP) is 2.13. The van der Waals surface area contributed by atoms with Crippen molar-refractivity contribution in [1.82, 2.24) is 0 Å². The van der Waals surface area contributed by atoms with E-state index in [0.717, 1.165) is 0 Å². The highest BCUT2D eigenvalue weighted by atomic mass is 32.2. The summed E-state index contributed by atoms with van der Waals surface area (Å²) in [6.07, 6.45) is 0.484. The van der Waals surface area contributed by atoms with E-state index in [2.05, 4.69) is 12.6 Å². The Bertz CT molecular complexity index is 409. The maximum absolute atomic E-state index is 11.8. The molecule has 0 heterocycles. The number of thiol groups is 1. The highest BCUT2D eigenvalue weighted by Crippen LogP contribution is 2.22. The Morgan fingerprint density at radius 2 is 1.87 bits per heavy atom. The maximum atomic E-state index is 11.8. The number of rotatable bonds is 4. The number of ether oxygens (including phenoxy) is 1. The van der Waals surface area contributed by atoms with Crippen molar-refractivity contribution in [2.45, 2.75) is 22.8 Å². The van der Waals surface area contributed by atoms with E-state index < -0.39 is 14.4 Å². The first-order valence-corrected chi connectivity index (χ1v) is 6.64. The van der Waals surface area contributed by atoms with Gasteiger partial charge < -0.3 is 4.74 Å². The van der Waals surface area contributed by atoms with Crippen molar-refractivity contribution in [3.8, 4) is 5.75 Å². The fourth-order valence-corrected chi connectivity index (χ4v) is 2.78. The topological polar surface area (TPSA) is 43.4 Å². The van der Waals surface area contributed by atoms with Gasteiger partial charge in [0, 0.05) is 0 Å². The Kier molecular flexibility index (Phi) is 4.04. The molecule has 0 N–H and O–H groups in total. The van der Waals surface area contributed by atoms with Crippen molar-refractivity contribution in [3.05, 3.63) is 24.3 Å². The van der Waals surface area contributed by atoms with Crippen molar-refractivity contribution in [2.75, 3.05) is 7.11 Å². The van der Waals surface area contributed by atoms with Crippen LogP contribution >= 0.6 is 12.6 Å². The van der Waals surface area contributed by atoms with E-state index in [9.17, 15) is 8.42 Å². The van der Waals surface area contributed by atoms with Crippen molar-refractivity contribution < 1.29 is 13.2 Å². The minimum absolute atomic E-state index is 0.283. The first-order valence-electron chi connectivity index (χ1n) is 4.58. The molecule has 84 valence electrons. The molecule has 15 heavy (non-hydrogen) atoms. The molecule has 0 aliphatic heterocycles. The Morgan fingerprint density at radius 3 is 2.27 bits per heavy atom. The molecule has 0 spiro atoms. The quantitative estimate of drug-likeness (QED) is 0.828. The van der Waals surface area contributed by atoms with Gasteiger partial charge in [0.05, 0.1) is 12.0 Å². The van der Waals surface area contributed by atoms with Crippen LogP contribution in [0.1, 0.15) is 13.3 Å². The predicted molar refractivity (Wildman–Crippen MR) is 63.2 cm³/mol. The van der Waals surface area contributed by atoms with Crippen LogP contribution < -0.4 is 4.74 Å². The third-order valence-electron chi connectivity index (χ3n) is 2.10. The standard InChI is InChI=1S/C10H14O3S2/c1-3-10(14)15(11,12)9-6-4-8(13-2)5-7-9/h4-7,10,14H,3H2,1-2H3. The lowest BCUT2D eigenvalue weighted by atomic mass is 10.3. The van der Waals surface area contributed by atoms with Gasteiger partial charge in [-0.25, -0.2) is 8.42 Å². The third-order valence-corrected chi connectivity index (χ3v) is 5.27. The summed E-state index contributed by atoms with van der Waals surface area (Å²) in [6, 6.07) is 6.33.